The van der Waals surface area contributed by atoms with Gasteiger partial charge in [0.15, 0.2) is 0 Å². The molecule has 3 nitrogen and oxygen atoms in total. The maximum absolute atomic E-state index is 11.1. The molecule has 14 heavy (non-hydrogen) atoms. The smallest absolute Gasteiger partial charge is 0.224 e. The Kier molecular flexibility index (Phi) is 2.08. The predicted molar refractivity (Wildman–Crippen MR) is 53.9 cm³/mol. The van der Waals surface area contributed by atoms with E-state index in [-0.39, 0.29) is 11.8 Å². The van der Waals surface area contributed by atoms with Gasteiger partial charge < -0.3 is 5.73 Å². The van der Waals surface area contributed by atoms with Gasteiger partial charge in [-0.2, -0.15) is 0 Å². The van der Waals surface area contributed by atoms with Gasteiger partial charge in [-0.05, 0) is 18.6 Å². The average molecular weight is 188 g/mol. The first-order valence-corrected chi connectivity index (χ1v) is 4.62. The first kappa shape index (κ1) is 8.94. The minimum atomic E-state index is -0.285. The quantitative estimate of drug-likeness (QED) is 0.674. The molecule has 1 aliphatic heterocycles. The summed E-state index contributed by atoms with van der Waals surface area (Å²) in [7, 11) is 0. The Balaban J connectivity index is 2.61. The van der Waals surface area contributed by atoms with E-state index in [1.807, 2.05) is 31.2 Å². The molecule has 0 fully saturated rings. The third-order valence-electron chi connectivity index (χ3n) is 2.62. The van der Waals surface area contributed by atoms with Crippen LogP contribution < -0.4 is 16.3 Å². The predicted octanol–water partition coefficient (Wildman–Crippen LogP) is -0.408. The largest absolute Gasteiger partial charge is 0.369 e. The second-order valence-electron chi connectivity index (χ2n) is 3.48. The van der Waals surface area contributed by atoms with Crippen molar-refractivity contribution in [1.82, 2.24) is 0 Å². The first-order valence-electron chi connectivity index (χ1n) is 4.62. The van der Waals surface area contributed by atoms with Gasteiger partial charge in [0.2, 0.25) is 5.91 Å². The van der Waals surface area contributed by atoms with Gasteiger partial charge >= 0.3 is 0 Å². The Morgan fingerprint density at radius 3 is 2.93 bits per heavy atom. The van der Waals surface area contributed by atoms with Crippen molar-refractivity contribution in [2.45, 2.75) is 6.92 Å². The van der Waals surface area contributed by atoms with Crippen LogP contribution in [-0.4, -0.2) is 12.5 Å². The molecule has 0 unspecified atom stereocenters. The maximum atomic E-state index is 11.1. The average Bonchev–Trinajstić information content (AvgIpc) is 2.60. The summed E-state index contributed by atoms with van der Waals surface area (Å²) >= 11 is 0. The number of fused-ring (bicyclic) bond motifs is 1. The standard InChI is InChI=1S/C11H12N2O/c1-7(11(12)14)9-6-13-10-5-3-2-4-8(9)10/h2-5,7H,6H2,1H3,(H2,12,14)/t7-/m1/s1. The summed E-state index contributed by atoms with van der Waals surface area (Å²) in [6, 6.07) is 7.84. The minimum Gasteiger partial charge on any atom is -0.369 e. The number of para-hydroxylation sites is 1. The van der Waals surface area contributed by atoms with E-state index in [0.717, 1.165) is 16.1 Å². The number of rotatable bonds is 2. The number of hydrogen-bond acceptors (Lipinski definition) is 2. The second kappa shape index (κ2) is 3.25. The Labute approximate surface area is 82.0 Å². The number of nitrogens with two attached hydrogens (primary N) is 1. The summed E-state index contributed by atoms with van der Waals surface area (Å²) in [5.41, 5.74) is 6.31. The van der Waals surface area contributed by atoms with E-state index in [1.165, 1.54) is 0 Å². The van der Waals surface area contributed by atoms with Gasteiger partial charge in [-0.15, -0.1) is 0 Å². The molecule has 2 N–H and O–H groups in total. The Hall–Kier alpha value is -1.64. The second-order valence-corrected chi connectivity index (χ2v) is 3.48. The molecule has 1 heterocycles. The van der Waals surface area contributed by atoms with Crippen molar-refractivity contribution < 1.29 is 4.79 Å². The van der Waals surface area contributed by atoms with Gasteiger partial charge in [0.1, 0.15) is 0 Å². The molecular formula is C11H12N2O. The highest BCUT2D eigenvalue weighted by Crippen LogP contribution is 2.11. The van der Waals surface area contributed by atoms with Gasteiger partial charge in [0, 0.05) is 5.22 Å². The van der Waals surface area contributed by atoms with Crippen LogP contribution in [-0.2, 0) is 4.79 Å². The molecule has 0 radical (unpaired) electrons. The zero-order valence-corrected chi connectivity index (χ0v) is 8.03. The zero-order valence-electron chi connectivity index (χ0n) is 8.03. The molecule has 1 amide bonds. The van der Waals surface area contributed by atoms with E-state index in [9.17, 15) is 4.79 Å². The fourth-order valence-corrected chi connectivity index (χ4v) is 1.68. The summed E-state index contributed by atoms with van der Waals surface area (Å²) < 4.78 is 0. The van der Waals surface area contributed by atoms with Crippen molar-refractivity contribution in [2.24, 2.45) is 16.6 Å². The molecule has 0 spiro atoms. The Morgan fingerprint density at radius 2 is 2.21 bits per heavy atom. The van der Waals surface area contributed by atoms with E-state index < -0.39 is 0 Å². The molecule has 1 atom stereocenters. The van der Waals surface area contributed by atoms with E-state index in [1.54, 1.807) is 0 Å². The van der Waals surface area contributed by atoms with E-state index in [4.69, 9.17) is 5.73 Å². The minimum absolute atomic E-state index is 0.220. The Morgan fingerprint density at radius 1 is 1.50 bits per heavy atom. The first-order chi connectivity index (χ1) is 6.70. The molecule has 0 saturated carbocycles. The van der Waals surface area contributed by atoms with Gasteiger partial charge in [0.05, 0.1) is 17.8 Å². The molecule has 1 aliphatic rings. The lowest BCUT2D eigenvalue weighted by molar-refractivity contribution is -0.119. The van der Waals surface area contributed by atoms with Crippen LogP contribution in [0.15, 0.2) is 29.3 Å². The lowest BCUT2D eigenvalue weighted by Crippen LogP contribution is -2.29. The van der Waals surface area contributed by atoms with Crippen molar-refractivity contribution in [1.29, 1.82) is 0 Å². The summed E-state index contributed by atoms with van der Waals surface area (Å²) in [6.07, 6.45) is 0. The number of amides is 1. The number of hydrogen-bond donors (Lipinski definition) is 1. The van der Waals surface area contributed by atoms with Gasteiger partial charge in [-0.1, -0.05) is 18.2 Å². The van der Waals surface area contributed by atoms with Crippen molar-refractivity contribution in [2.75, 3.05) is 6.54 Å². The van der Waals surface area contributed by atoms with Gasteiger partial charge in [-0.3, -0.25) is 9.79 Å². The number of nitrogens with zero attached hydrogens (tertiary/aromatic N) is 1. The Bertz CT molecular complexity index is 490. The van der Waals surface area contributed by atoms with Crippen molar-refractivity contribution >= 4 is 11.5 Å². The number of benzene rings is 1. The van der Waals surface area contributed by atoms with Gasteiger partial charge in [0.25, 0.3) is 0 Å². The zero-order chi connectivity index (χ0) is 10.1. The van der Waals surface area contributed by atoms with Crippen molar-refractivity contribution in [3.8, 4) is 0 Å². The van der Waals surface area contributed by atoms with Crippen LogP contribution in [0, 0.1) is 5.92 Å². The normalized spacial score (nSPS) is 15.9. The topological polar surface area (TPSA) is 55.5 Å². The van der Waals surface area contributed by atoms with Crippen LogP contribution in [0.3, 0.4) is 0 Å². The van der Waals surface area contributed by atoms with Gasteiger partial charge in [-0.25, -0.2) is 0 Å². The van der Waals surface area contributed by atoms with Crippen LogP contribution in [0.1, 0.15) is 6.92 Å². The monoisotopic (exact) mass is 188 g/mol. The highest BCUT2D eigenvalue weighted by Gasteiger charge is 2.17. The molecule has 0 bridgehead atoms. The van der Waals surface area contributed by atoms with Crippen LogP contribution in [0.4, 0.5) is 0 Å². The fraction of sp³-hybridized carbons (Fsp3) is 0.273. The summed E-state index contributed by atoms with van der Waals surface area (Å²) in [5.74, 6) is -0.505. The SMILES string of the molecule is C[C@@H](C(N)=O)C1=c2ccccc2=NC1. The maximum Gasteiger partial charge on any atom is 0.224 e. The molecule has 1 aromatic carbocycles. The molecule has 2 rings (SSSR count). The number of primary amides is 1. The molecule has 0 saturated heterocycles. The lowest BCUT2D eigenvalue weighted by atomic mass is 9.99. The van der Waals surface area contributed by atoms with Crippen LogP contribution in [0.2, 0.25) is 0 Å². The fourth-order valence-electron chi connectivity index (χ4n) is 1.68. The highest BCUT2D eigenvalue weighted by atomic mass is 16.1. The molecule has 72 valence electrons. The summed E-state index contributed by atoms with van der Waals surface area (Å²) in [6.45, 7) is 2.43. The highest BCUT2D eigenvalue weighted by molar-refractivity contribution is 5.86. The van der Waals surface area contributed by atoms with Crippen LogP contribution in [0.5, 0.6) is 0 Å². The van der Waals surface area contributed by atoms with Crippen LogP contribution in [0.25, 0.3) is 5.57 Å². The molecule has 1 aromatic rings. The van der Waals surface area contributed by atoms with E-state index >= 15 is 0 Å². The third kappa shape index (κ3) is 1.31. The third-order valence-corrected chi connectivity index (χ3v) is 2.62. The van der Waals surface area contributed by atoms with E-state index in [2.05, 4.69) is 4.99 Å². The summed E-state index contributed by atoms with van der Waals surface area (Å²) in [5, 5.41) is 2.04. The molecule has 0 aromatic heterocycles. The van der Waals surface area contributed by atoms with E-state index in [0.29, 0.717) is 6.54 Å². The number of carbonyl (C=O) groups excluding carboxylic acids is 1. The van der Waals surface area contributed by atoms with Crippen LogP contribution >= 0.6 is 0 Å². The molecule has 3 heteroatoms. The number of carbonyl (C=O) groups is 1. The molecule has 0 aliphatic carbocycles. The molecular weight excluding hydrogens is 176 g/mol. The van der Waals surface area contributed by atoms with Crippen molar-refractivity contribution in [3.63, 3.8) is 0 Å². The summed E-state index contributed by atoms with van der Waals surface area (Å²) in [4.78, 5) is 15.4. The van der Waals surface area contributed by atoms with Crippen molar-refractivity contribution in [3.05, 3.63) is 34.8 Å². The lowest BCUT2D eigenvalue weighted by Gasteiger charge is -2.06.